The van der Waals surface area contributed by atoms with Gasteiger partial charge in [0.1, 0.15) is 6.04 Å². The van der Waals surface area contributed by atoms with E-state index in [0.29, 0.717) is 12.8 Å². The molecule has 72 valence electrons. The second-order valence-corrected chi connectivity index (χ2v) is 3.00. The Labute approximate surface area is 76.5 Å². The van der Waals surface area contributed by atoms with Gasteiger partial charge in [-0.3, -0.25) is 4.90 Å². The molecule has 1 aliphatic rings. The number of rotatable bonds is 0. The van der Waals surface area contributed by atoms with Gasteiger partial charge in [-0.1, -0.05) is 0 Å². The van der Waals surface area contributed by atoms with E-state index in [0.717, 1.165) is 0 Å². The van der Waals surface area contributed by atoms with E-state index in [4.69, 9.17) is 5.26 Å². The number of β-amino-alcohol motifs (C(OH)–C–C–N with tert-alkyl or cyclic N) is 1. The number of carbonyl (C=O) groups is 1. The first-order chi connectivity index (χ1) is 6.19. The van der Waals surface area contributed by atoms with Crippen molar-refractivity contribution >= 4 is 6.09 Å². The van der Waals surface area contributed by atoms with Crippen LogP contribution in [0.3, 0.4) is 0 Å². The third-order valence-electron chi connectivity index (χ3n) is 2.12. The van der Waals surface area contributed by atoms with Gasteiger partial charge in [0.25, 0.3) is 0 Å². The van der Waals surface area contributed by atoms with E-state index in [-0.39, 0.29) is 6.54 Å². The van der Waals surface area contributed by atoms with Gasteiger partial charge in [0.05, 0.1) is 25.8 Å². The van der Waals surface area contributed by atoms with Crippen LogP contribution in [0, 0.1) is 11.3 Å². The highest BCUT2D eigenvalue weighted by Crippen LogP contribution is 2.17. The topological polar surface area (TPSA) is 73.6 Å². The van der Waals surface area contributed by atoms with Crippen LogP contribution in [-0.2, 0) is 4.74 Å². The standard InChI is InChI=1S/C8H12N2O3/c1-13-8(12)10-5-7(11)3-2-6(10)4-9/h6-7,11H,2-3,5H2,1H3/t6-,7+/m1/s1. The molecule has 2 atom stereocenters. The number of aliphatic hydroxyl groups is 1. The van der Waals surface area contributed by atoms with Crippen LogP contribution in [0.1, 0.15) is 12.8 Å². The molecule has 13 heavy (non-hydrogen) atoms. The fourth-order valence-corrected chi connectivity index (χ4v) is 1.40. The van der Waals surface area contributed by atoms with Gasteiger partial charge in [-0.15, -0.1) is 0 Å². The number of carbonyl (C=O) groups excluding carboxylic acids is 1. The number of amides is 1. The van der Waals surface area contributed by atoms with E-state index >= 15 is 0 Å². The summed E-state index contributed by atoms with van der Waals surface area (Å²) < 4.78 is 4.49. The Bertz CT molecular complexity index is 236. The lowest BCUT2D eigenvalue weighted by molar-refractivity contribution is 0.0433. The molecule has 0 aromatic heterocycles. The third kappa shape index (κ3) is 2.10. The highest BCUT2D eigenvalue weighted by Gasteiger charge is 2.31. The number of ether oxygens (including phenoxy) is 1. The summed E-state index contributed by atoms with van der Waals surface area (Å²) in [4.78, 5) is 12.4. The summed E-state index contributed by atoms with van der Waals surface area (Å²) in [7, 11) is 1.26. The minimum atomic E-state index is -0.551. The first-order valence-electron chi connectivity index (χ1n) is 4.11. The zero-order valence-corrected chi connectivity index (χ0v) is 7.43. The van der Waals surface area contributed by atoms with Crippen molar-refractivity contribution in [3.05, 3.63) is 0 Å². The Balaban J connectivity index is 2.66. The molecule has 0 saturated carbocycles. The SMILES string of the molecule is COC(=O)N1C[C@@H](O)CC[C@@H]1C#N. The summed E-state index contributed by atoms with van der Waals surface area (Å²) in [5.41, 5.74) is 0. The van der Waals surface area contributed by atoms with Crippen LogP contribution < -0.4 is 0 Å². The molecule has 1 aliphatic heterocycles. The summed E-state index contributed by atoms with van der Waals surface area (Å²) in [5.74, 6) is 0. The molecule has 0 aliphatic carbocycles. The van der Waals surface area contributed by atoms with Gasteiger partial charge in [0.15, 0.2) is 0 Å². The van der Waals surface area contributed by atoms with Crippen molar-refractivity contribution in [2.24, 2.45) is 0 Å². The molecule has 1 saturated heterocycles. The molecule has 0 unspecified atom stereocenters. The Morgan fingerprint density at radius 2 is 2.38 bits per heavy atom. The van der Waals surface area contributed by atoms with Crippen molar-refractivity contribution in [1.29, 1.82) is 5.26 Å². The molecular formula is C8H12N2O3. The number of aliphatic hydroxyl groups excluding tert-OH is 1. The molecule has 0 bridgehead atoms. The number of hydrogen-bond donors (Lipinski definition) is 1. The van der Waals surface area contributed by atoms with Gasteiger partial charge in [-0.25, -0.2) is 4.79 Å². The predicted molar refractivity (Wildman–Crippen MR) is 43.8 cm³/mol. The maximum Gasteiger partial charge on any atom is 0.410 e. The van der Waals surface area contributed by atoms with Crippen LogP contribution in [0.4, 0.5) is 4.79 Å². The highest BCUT2D eigenvalue weighted by atomic mass is 16.5. The van der Waals surface area contributed by atoms with Crippen LogP contribution in [0.5, 0.6) is 0 Å². The largest absolute Gasteiger partial charge is 0.453 e. The summed E-state index contributed by atoms with van der Waals surface area (Å²) >= 11 is 0. The smallest absolute Gasteiger partial charge is 0.410 e. The third-order valence-corrected chi connectivity index (χ3v) is 2.12. The van der Waals surface area contributed by atoms with Crippen LogP contribution in [0.2, 0.25) is 0 Å². The van der Waals surface area contributed by atoms with Crippen molar-refractivity contribution in [2.45, 2.75) is 25.0 Å². The van der Waals surface area contributed by atoms with Gasteiger partial charge in [0.2, 0.25) is 0 Å². The second kappa shape index (κ2) is 4.10. The van der Waals surface area contributed by atoms with Crippen LogP contribution >= 0.6 is 0 Å². The number of hydrogen-bond acceptors (Lipinski definition) is 4. The van der Waals surface area contributed by atoms with Crippen LogP contribution in [0.25, 0.3) is 0 Å². The van der Waals surface area contributed by atoms with Crippen molar-refractivity contribution in [3.8, 4) is 6.07 Å². The summed E-state index contributed by atoms with van der Waals surface area (Å²) in [6.07, 6.45) is -0.0209. The fourth-order valence-electron chi connectivity index (χ4n) is 1.40. The van der Waals surface area contributed by atoms with Gasteiger partial charge in [0, 0.05) is 0 Å². The Morgan fingerprint density at radius 1 is 1.69 bits per heavy atom. The van der Waals surface area contributed by atoms with Crippen LogP contribution in [0.15, 0.2) is 0 Å². The highest BCUT2D eigenvalue weighted by molar-refractivity contribution is 5.68. The maximum absolute atomic E-state index is 11.1. The summed E-state index contributed by atoms with van der Waals surface area (Å²) in [6, 6.07) is 1.54. The van der Waals surface area contributed by atoms with Crippen molar-refractivity contribution in [3.63, 3.8) is 0 Å². The number of methoxy groups -OCH3 is 1. The van der Waals surface area contributed by atoms with Crippen LogP contribution in [-0.4, -0.2) is 41.9 Å². The first-order valence-corrected chi connectivity index (χ1v) is 4.11. The molecule has 0 aromatic carbocycles. The average Bonchev–Trinajstić information content (AvgIpc) is 2.16. The Kier molecular flexibility index (Phi) is 3.09. The molecule has 5 nitrogen and oxygen atoms in total. The Hall–Kier alpha value is -1.28. The minimum absolute atomic E-state index is 0.185. The predicted octanol–water partition coefficient (Wildman–Crippen LogP) is 0.102. The van der Waals surface area contributed by atoms with Crippen molar-refractivity contribution < 1.29 is 14.6 Å². The van der Waals surface area contributed by atoms with E-state index in [1.165, 1.54) is 12.0 Å². The number of nitrogens with zero attached hydrogens (tertiary/aromatic N) is 2. The van der Waals surface area contributed by atoms with E-state index in [9.17, 15) is 9.90 Å². The normalized spacial score (nSPS) is 27.9. The second-order valence-electron chi connectivity index (χ2n) is 3.00. The molecule has 0 aromatic rings. The van der Waals surface area contributed by atoms with E-state index < -0.39 is 18.2 Å². The molecule has 1 fully saturated rings. The van der Waals surface area contributed by atoms with E-state index in [2.05, 4.69) is 4.74 Å². The fraction of sp³-hybridized carbons (Fsp3) is 0.750. The lowest BCUT2D eigenvalue weighted by Gasteiger charge is -2.32. The van der Waals surface area contributed by atoms with Gasteiger partial charge in [-0.2, -0.15) is 5.26 Å². The zero-order valence-electron chi connectivity index (χ0n) is 7.43. The number of nitriles is 1. The molecule has 0 radical (unpaired) electrons. The zero-order chi connectivity index (χ0) is 9.84. The van der Waals surface area contributed by atoms with Crippen molar-refractivity contribution in [2.75, 3.05) is 13.7 Å². The quantitative estimate of drug-likeness (QED) is 0.579. The first kappa shape index (κ1) is 9.81. The molecule has 1 rings (SSSR count). The molecule has 1 N–H and O–H groups in total. The lowest BCUT2D eigenvalue weighted by atomic mass is 10.0. The molecular weight excluding hydrogens is 172 g/mol. The maximum atomic E-state index is 11.1. The lowest BCUT2D eigenvalue weighted by Crippen LogP contribution is -2.48. The average molecular weight is 184 g/mol. The molecule has 0 spiro atoms. The summed E-state index contributed by atoms with van der Waals surface area (Å²) in [6.45, 7) is 0.185. The van der Waals surface area contributed by atoms with Crippen molar-refractivity contribution in [1.82, 2.24) is 4.90 Å². The molecule has 1 heterocycles. The van der Waals surface area contributed by atoms with Gasteiger partial charge < -0.3 is 9.84 Å². The number of piperidine rings is 1. The van der Waals surface area contributed by atoms with Gasteiger partial charge >= 0.3 is 6.09 Å². The van der Waals surface area contributed by atoms with Gasteiger partial charge in [-0.05, 0) is 12.8 Å². The summed E-state index contributed by atoms with van der Waals surface area (Å²) in [5, 5.41) is 18.0. The monoisotopic (exact) mass is 184 g/mol. The van der Waals surface area contributed by atoms with E-state index in [1.807, 2.05) is 6.07 Å². The molecule has 5 heteroatoms. The minimum Gasteiger partial charge on any atom is -0.453 e. The number of likely N-dealkylation sites (tertiary alicyclic amines) is 1. The molecule has 1 amide bonds. The van der Waals surface area contributed by atoms with E-state index in [1.54, 1.807) is 0 Å². The Morgan fingerprint density at radius 3 is 2.92 bits per heavy atom.